The SMILES string of the molecule is CC(CCCN(C)C)N=C=N.ClCCl. The lowest BCUT2D eigenvalue weighted by Gasteiger charge is -2.09. The van der Waals surface area contributed by atoms with Gasteiger partial charge in [-0.15, -0.1) is 23.2 Å². The normalized spacial score (nSPS) is 11.3. The topological polar surface area (TPSA) is 39.5 Å². The van der Waals surface area contributed by atoms with Crippen molar-refractivity contribution in [1.82, 2.24) is 4.90 Å². The molecule has 0 radical (unpaired) electrons. The van der Waals surface area contributed by atoms with Gasteiger partial charge in [-0.05, 0) is 40.4 Å². The summed E-state index contributed by atoms with van der Waals surface area (Å²) < 4.78 is 0. The van der Waals surface area contributed by atoms with Gasteiger partial charge in [0.2, 0.25) is 0 Å². The largest absolute Gasteiger partial charge is 0.309 e. The third kappa shape index (κ3) is 17.9. The van der Waals surface area contributed by atoms with Crippen molar-refractivity contribution in [1.29, 1.82) is 5.41 Å². The maximum Gasteiger partial charge on any atom is 0.0967 e. The second-order valence-electron chi connectivity index (χ2n) is 3.14. The van der Waals surface area contributed by atoms with Crippen molar-refractivity contribution in [2.24, 2.45) is 4.99 Å². The Hall–Kier alpha value is -0.0800. The summed E-state index contributed by atoms with van der Waals surface area (Å²) in [4.78, 5) is 5.97. The zero-order valence-corrected chi connectivity index (χ0v) is 10.6. The molecule has 0 saturated carbocycles. The first-order valence-corrected chi connectivity index (χ1v) is 5.53. The van der Waals surface area contributed by atoms with E-state index in [1.165, 1.54) is 0 Å². The van der Waals surface area contributed by atoms with E-state index in [1.54, 1.807) is 0 Å². The van der Waals surface area contributed by atoms with Crippen LogP contribution in [0.25, 0.3) is 0 Å². The highest BCUT2D eigenvalue weighted by Gasteiger charge is 1.97. The second kappa shape index (κ2) is 12.9. The average molecular weight is 240 g/mol. The summed E-state index contributed by atoms with van der Waals surface area (Å²) in [5.41, 5.74) is 0. The molecule has 0 aliphatic heterocycles. The highest BCUT2D eigenvalue weighted by Crippen LogP contribution is 1.99. The summed E-state index contributed by atoms with van der Waals surface area (Å²) in [7, 11) is 4.12. The van der Waals surface area contributed by atoms with Crippen LogP contribution < -0.4 is 0 Å². The first kappa shape index (κ1) is 16.4. The van der Waals surface area contributed by atoms with Crippen LogP contribution in [0.15, 0.2) is 4.99 Å². The molecular weight excluding hydrogens is 221 g/mol. The first-order valence-electron chi connectivity index (χ1n) is 4.46. The molecule has 0 aliphatic carbocycles. The van der Waals surface area contributed by atoms with Crippen LogP contribution in [0.4, 0.5) is 0 Å². The molecule has 0 aromatic carbocycles. The van der Waals surface area contributed by atoms with Gasteiger partial charge in [-0.1, -0.05) is 0 Å². The van der Waals surface area contributed by atoms with Crippen LogP contribution in [0.3, 0.4) is 0 Å². The number of hydrogen-bond acceptors (Lipinski definition) is 3. The molecule has 1 N–H and O–H groups in total. The Balaban J connectivity index is 0. The van der Waals surface area contributed by atoms with Crippen LogP contribution in [-0.2, 0) is 0 Å². The van der Waals surface area contributed by atoms with Crippen LogP contribution in [-0.4, -0.2) is 42.9 Å². The quantitative estimate of drug-likeness (QED) is 0.582. The minimum absolute atomic E-state index is 0.194. The maximum absolute atomic E-state index is 6.63. The molecule has 84 valence electrons. The second-order valence-corrected chi connectivity index (χ2v) is 3.94. The Bertz CT molecular complexity index is 156. The van der Waals surface area contributed by atoms with Crippen molar-refractivity contribution in [3.05, 3.63) is 0 Å². The molecule has 14 heavy (non-hydrogen) atoms. The van der Waals surface area contributed by atoms with Gasteiger partial charge < -0.3 is 4.90 Å². The molecule has 0 fully saturated rings. The molecular formula is C9H19Cl2N3. The van der Waals surface area contributed by atoms with E-state index >= 15 is 0 Å². The summed E-state index contributed by atoms with van der Waals surface area (Å²) >= 11 is 9.53. The van der Waals surface area contributed by atoms with Crippen LogP contribution in [0.1, 0.15) is 19.8 Å². The minimum atomic E-state index is 0.194. The van der Waals surface area contributed by atoms with E-state index in [-0.39, 0.29) is 11.4 Å². The van der Waals surface area contributed by atoms with Gasteiger partial charge in [0.1, 0.15) is 0 Å². The molecule has 0 aliphatic rings. The highest BCUT2D eigenvalue weighted by molar-refractivity contribution is 6.40. The fraction of sp³-hybridized carbons (Fsp3) is 0.889. The van der Waals surface area contributed by atoms with Crippen LogP contribution in [0.2, 0.25) is 0 Å². The maximum atomic E-state index is 6.63. The van der Waals surface area contributed by atoms with E-state index < -0.39 is 0 Å². The molecule has 0 saturated heterocycles. The zero-order chi connectivity index (χ0) is 11.4. The smallest absolute Gasteiger partial charge is 0.0967 e. The van der Waals surface area contributed by atoms with Gasteiger partial charge >= 0.3 is 0 Å². The van der Waals surface area contributed by atoms with Gasteiger partial charge in [0.25, 0.3) is 0 Å². The molecule has 0 bridgehead atoms. The van der Waals surface area contributed by atoms with E-state index in [1.807, 2.05) is 6.92 Å². The van der Waals surface area contributed by atoms with Gasteiger partial charge in [-0.3, -0.25) is 0 Å². The lowest BCUT2D eigenvalue weighted by Crippen LogP contribution is -2.14. The van der Waals surface area contributed by atoms with Crippen molar-refractivity contribution in [3.8, 4) is 0 Å². The van der Waals surface area contributed by atoms with Crippen molar-refractivity contribution in [3.63, 3.8) is 0 Å². The number of hydrogen-bond donors (Lipinski definition) is 1. The number of nitrogens with one attached hydrogen (secondary N) is 1. The first-order chi connectivity index (χ1) is 6.58. The summed E-state index contributed by atoms with van der Waals surface area (Å²) in [6.45, 7) is 3.11. The average Bonchev–Trinajstić information content (AvgIpc) is 2.05. The minimum Gasteiger partial charge on any atom is -0.309 e. The fourth-order valence-corrected chi connectivity index (χ4v) is 0.878. The van der Waals surface area contributed by atoms with Crippen LogP contribution in [0.5, 0.6) is 0 Å². The Morgan fingerprint density at radius 3 is 2.29 bits per heavy atom. The lowest BCUT2D eigenvalue weighted by atomic mass is 10.2. The molecule has 0 aromatic heterocycles. The molecule has 1 atom stereocenters. The van der Waals surface area contributed by atoms with Crippen molar-refractivity contribution in [2.45, 2.75) is 25.8 Å². The number of rotatable bonds is 5. The lowest BCUT2D eigenvalue weighted by molar-refractivity contribution is 0.388. The number of alkyl halides is 2. The highest BCUT2D eigenvalue weighted by atomic mass is 35.5. The van der Waals surface area contributed by atoms with E-state index in [0.29, 0.717) is 0 Å². The predicted octanol–water partition coefficient (Wildman–Crippen LogP) is 2.89. The van der Waals surface area contributed by atoms with Crippen molar-refractivity contribution >= 4 is 29.2 Å². The number of nitrogens with zero attached hydrogens (tertiary/aromatic N) is 2. The molecule has 3 nitrogen and oxygen atoms in total. The van der Waals surface area contributed by atoms with Crippen molar-refractivity contribution in [2.75, 3.05) is 26.0 Å². The van der Waals surface area contributed by atoms with Gasteiger partial charge in [0.15, 0.2) is 0 Å². The molecule has 0 rings (SSSR count). The standard InChI is InChI=1S/C8H17N3.CH2Cl2/c1-8(10-7-9)5-4-6-11(2)3;2-1-3/h8-9H,4-6H2,1-3H3;1H2. The van der Waals surface area contributed by atoms with Gasteiger partial charge in [0.05, 0.1) is 17.4 Å². The molecule has 0 heterocycles. The fourth-order valence-electron chi connectivity index (χ4n) is 0.878. The van der Waals surface area contributed by atoms with E-state index in [2.05, 4.69) is 30.0 Å². The Kier molecular flexibility index (Phi) is 15.1. The predicted molar refractivity (Wildman–Crippen MR) is 64.0 cm³/mol. The molecule has 5 heteroatoms. The van der Waals surface area contributed by atoms with Gasteiger partial charge in [-0.25, -0.2) is 10.4 Å². The summed E-state index contributed by atoms with van der Waals surface area (Å²) in [6.07, 6.45) is 2.18. The van der Waals surface area contributed by atoms with Gasteiger partial charge in [0, 0.05) is 0 Å². The summed E-state index contributed by atoms with van der Waals surface area (Å²) in [6, 6.07) is 2.32. The Morgan fingerprint density at radius 2 is 1.93 bits per heavy atom. The van der Waals surface area contributed by atoms with E-state index in [4.69, 9.17) is 28.6 Å². The third-order valence-corrected chi connectivity index (χ3v) is 1.51. The van der Waals surface area contributed by atoms with E-state index in [0.717, 1.165) is 19.4 Å². The van der Waals surface area contributed by atoms with Crippen LogP contribution in [0, 0.1) is 5.41 Å². The zero-order valence-electron chi connectivity index (χ0n) is 9.06. The molecule has 0 aromatic rings. The Labute approximate surface area is 96.6 Å². The summed E-state index contributed by atoms with van der Waals surface area (Å²) in [5, 5.41) is 6.82. The molecule has 1 unspecified atom stereocenters. The number of aliphatic imine (C=N–C) groups is 1. The third-order valence-electron chi connectivity index (χ3n) is 1.51. The van der Waals surface area contributed by atoms with Crippen LogP contribution >= 0.6 is 23.2 Å². The summed E-state index contributed by atoms with van der Waals surface area (Å²) in [5.74, 6) is 0. The van der Waals surface area contributed by atoms with E-state index in [9.17, 15) is 0 Å². The van der Waals surface area contributed by atoms with Gasteiger partial charge in [-0.2, -0.15) is 0 Å². The Morgan fingerprint density at radius 1 is 1.43 bits per heavy atom. The molecule has 0 spiro atoms. The number of halogens is 2. The van der Waals surface area contributed by atoms with Crippen molar-refractivity contribution < 1.29 is 0 Å². The monoisotopic (exact) mass is 239 g/mol. The molecule has 0 amide bonds.